The number of halogens is 3. The summed E-state index contributed by atoms with van der Waals surface area (Å²) in [5, 5.41) is 8.93. The molecule has 2 aromatic carbocycles. The summed E-state index contributed by atoms with van der Waals surface area (Å²) in [6.07, 6.45) is -0.329. The summed E-state index contributed by atoms with van der Waals surface area (Å²) in [4.78, 5) is 19.3. The van der Waals surface area contributed by atoms with E-state index in [1.54, 1.807) is 29.2 Å². The minimum atomic E-state index is -3.95. The first kappa shape index (κ1) is 23.3. The van der Waals surface area contributed by atoms with Crippen LogP contribution in [0.2, 0.25) is 5.02 Å². The molecule has 4 rings (SSSR count). The molecule has 33 heavy (non-hydrogen) atoms. The van der Waals surface area contributed by atoms with Gasteiger partial charge in [0, 0.05) is 42.0 Å². The van der Waals surface area contributed by atoms with Gasteiger partial charge in [0.15, 0.2) is 0 Å². The van der Waals surface area contributed by atoms with Gasteiger partial charge >= 0.3 is 0 Å². The fourth-order valence-corrected chi connectivity index (χ4v) is 4.49. The molecule has 1 aromatic heterocycles. The summed E-state index contributed by atoms with van der Waals surface area (Å²) >= 11 is 6.09. The number of benzene rings is 2. The molecule has 0 atom stereocenters. The van der Waals surface area contributed by atoms with Gasteiger partial charge in [0.2, 0.25) is 15.9 Å². The SMILES string of the molecule is NS(=O)(=O)c1cccc(NC(=O)c2cc3ccc(Cl)cc3nc2N2CCCC(F)(F)CC2)c1. The second kappa shape index (κ2) is 8.85. The molecule has 0 bridgehead atoms. The maximum atomic E-state index is 13.9. The third-order valence-corrected chi connectivity index (χ3v) is 6.59. The molecule has 1 saturated heterocycles. The van der Waals surface area contributed by atoms with Gasteiger partial charge in [-0.25, -0.2) is 27.3 Å². The van der Waals surface area contributed by atoms with Crippen molar-refractivity contribution >= 4 is 49.9 Å². The molecule has 0 saturated carbocycles. The third kappa shape index (κ3) is 5.40. The average molecular weight is 495 g/mol. The largest absolute Gasteiger partial charge is 0.356 e. The van der Waals surface area contributed by atoms with Crippen molar-refractivity contribution in [1.82, 2.24) is 4.98 Å². The van der Waals surface area contributed by atoms with Gasteiger partial charge in [-0.15, -0.1) is 0 Å². The first-order valence-electron chi connectivity index (χ1n) is 10.2. The zero-order chi connectivity index (χ0) is 23.8. The number of aromatic nitrogens is 1. The molecule has 0 aliphatic carbocycles. The number of amides is 1. The van der Waals surface area contributed by atoms with Crippen molar-refractivity contribution in [3.05, 3.63) is 59.1 Å². The quantitative estimate of drug-likeness (QED) is 0.558. The number of carbonyl (C=O) groups is 1. The van der Waals surface area contributed by atoms with Crippen LogP contribution in [0.15, 0.2) is 53.4 Å². The van der Waals surface area contributed by atoms with Crippen molar-refractivity contribution in [1.29, 1.82) is 0 Å². The van der Waals surface area contributed by atoms with Crippen LogP contribution >= 0.6 is 11.6 Å². The Hall–Kier alpha value is -2.82. The molecule has 3 N–H and O–H groups in total. The Morgan fingerprint density at radius 2 is 1.91 bits per heavy atom. The summed E-state index contributed by atoms with van der Waals surface area (Å²) in [6, 6.07) is 12.2. The van der Waals surface area contributed by atoms with Gasteiger partial charge in [-0.05, 0) is 42.8 Å². The van der Waals surface area contributed by atoms with Crippen LogP contribution < -0.4 is 15.4 Å². The van der Waals surface area contributed by atoms with E-state index in [1.165, 1.54) is 24.3 Å². The summed E-state index contributed by atoms with van der Waals surface area (Å²) in [7, 11) is -3.95. The van der Waals surface area contributed by atoms with E-state index in [0.717, 1.165) is 0 Å². The maximum Gasteiger partial charge on any atom is 0.259 e. The van der Waals surface area contributed by atoms with Crippen molar-refractivity contribution < 1.29 is 22.0 Å². The Balaban J connectivity index is 1.74. The lowest BCUT2D eigenvalue weighted by Crippen LogP contribution is -2.29. The minimum Gasteiger partial charge on any atom is -0.356 e. The highest BCUT2D eigenvalue weighted by Crippen LogP contribution is 2.32. The van der Waals surface area contributed by atoms with E-state index < -0.39 is 21.9 Å². The molecule has 7 nitrogen and oxygen atoms in total. The molecule has 1 fully saturated rings. The lowest BCUT2D eigenvalue weighted by atomic mass is 10.1. The molecular weight excluding hydrogens is 474 g/mol. The summed E-state index contributed by atoms with van der Waals surface area (Å²) < 4.78 is 51.1. The Morgan fingerprint density at radius 1 is 1.12 bits per heavy atom. The number of fused-ring (bicyclic) bond motifs is 1. The smallest absolute Gasteiger partial charge is 0.259 e. The van der Waals surface area contributed by atoms with Crippen LogP contribution in [-0.2, 0) is 10.0 Å². The number of nitrogens with two attached hydrogens (primary N) is 1. The van der Waals surface area contributed by atoms with Gasteiger partial charge in [0.1, 0.15) is 5.82 Å². The van der Waals surface area contributed by atoms with Crippen molar-refractivity contribution in [3.8, 4) is 0 Å². The fraction of sp³-hybridized carbons (Fsp3) is 0.273. The number of carbonyl (C=O) groups excluding carboxylic acids is 1. The molecule has 1 amide bonds. The van der Waals surface area contributed by atoms with E-state index in [0.29, 0.717) is 22.5 Å². The number of rotatable bonds is 4. The maximum absolute atomic E-state index is 13.9. The van der Waals surface area contributed by atoms with Crippen LogP contribution in [0.25, 0.3) is 10.9 Å². The molecule has 0 radical (unpaired) electrons. The molecule has 0 unspecified atom stereocenters. The summed E-state index contributed by atoms with van der Waals surface area (Å²) in [6.45, 7) is 0.350. The highest BCUT2D eigenvalue weighted by molar-refractivity contribution is 7.89. The van der Waals surface area contributed by atoms with E-state index >= 15 is 0 Å². The number of primary sulfonamides is 1. The van der Waals surface area contributed by atoms with E-state index in [-0.39, 0.29) is 47.8 Å². The predicted octanol–water partition coefficient (Wildman–Crippen LogP) is 4.41. The molecule has 3 aromatic rings. The molecule has 0 spiro atoms. The number of hydrogen-bond donors (Lipinski definition) is 2. The topological polar surface area (TPSA) is 105 Å². The Morgan fingerprint density at radius 3 is 2.67 bits per heavy atom. The van der Waals surface area contributed by atoms with Crippen LogP contribution in [-0.4, -0.2) is 38.3 Å². The highest BCUT2D eigenvalue weighted by Gasteiger charge is 2.33. The number of sulfonamides is 1. The van der Waals surface area contributed by atoms with E-state index in [2.05, 4.69) is 10.3 Å². The van der Waals surface area contributed by atoms with Gasteiger partial charge in [-0.1, -0.05) is 23.7 Å². The van der Waals surface area contributed by atoms with E-state index in [9.17, 15) is 22.0 Å². The van der Waals surface area contributed by atoms with Crippen molar-refractivity contribution in [3.63, 3.8) is 0 Å². The summed E-state index contributed by atoms with van der Waals surface area (Å²) in [5.74, 6) is -3.06. The van der Waals surface area contributed by atoms with Crippen molar-refractivity contribution in [2.75, 3.05) is 23.3 Å². The van der Waals surface area contributed by atoms with Crippen molar-refractivity contribution in [2.24, 2.45) is 5.14 Å². The number of hydrogen-bond acceptors (Lipinski definition) is 5. The Bertz CT molecular complexity index is 1330. The molecule has 1 aliphatic rings. The molecule has 1 aliphatic heterocycles. The monoisotopic (exact) mass is 494 g/mol. The number of nitrogens with one attached hydrogen (secondary N) is 1. The van der Waals surface area contributed by atoms with Gasteiger partial charge < -0.3 is 10.2 Å². The molecule has 174 valence electrons. The predicted molar refractivity (Wildman–Crippen MR) is 124 cm³/mol. The summed E-state index contributed by atoms with van der Waals surface area (Å²) in [5.41, 5.74) is 0.924. The lowest BCUT2D eigenvalue weighted by molar-refractivity contribution is -0.0102. The van der Waals surface area contributed by atoms with Crippen LogP contribution in [0.4, 0.5) is 20.3 Å². The van der Waals surface area contributed by atoms with Crippen LogP contribution in [0, 0.1) is 0 Å². The standard InChI is InChI=1S/C22H21ClF2N4O3S/c23-15-6-5-14-11-18(21(30)27-16-3-1-4-17(13-16)33(26,31)32)20(28-19(14)12-15)29-9-2-7-22(24,25)8-10-29/h1,3-6,11-13H,2,7-10H2,(H,27,30)(H2,26,31,32). The minimum absolute atomic E-state index is 0.0350. The second-order valence-electron chi connectivity index (χ2n) is 7.92. The molecule has 2 heterocycles. The lowest BCUT2D eigenvalue weighted by Gasteiger charge is -2.24. The second-order valence-corrected chi connectivity index (χ2v) is 9.92. The van der Waals surface area contributed by atoms with Crippen LogP contribution in [0.5, 0.6) is 0 Å². The third-order valence-electron chi connectivity index (χ3n) is 5.44. The number of nitrogens with zero attached hydrogens (tertiary/aromatic N) is 2. The van der Waals surface area contributed by atoms with Gasteiger partial charge in [0.25, 0.3) is 5.91 Å². The highest BCUT2D eigenvalue weighted by atomic mass is 35.5. The first-order chi connectivity index (χ1) is 15.5. The van der Waals surface area contributed by atoms with Crippen molar-refractivity contribution in [2.45, 2.75) is 30.1 Å². The number of anilines is 2. The fourth-order valence-electron chi connectivity index (χ4n) is 3.76. The Kier molecular flexibility index (Phi) is 6.26. The zero-order valence-electron chi connectivity index (χ0n) is 17.4. The average Bonchev–Trinajstić information content (AvgIpc) is 2.92. The first-order valence-corrected chi connectivity index (χ1v) is 12.1. The Labute approximate surface area is 194 Å². The van der Waals surface area contributed by atoms with Crippen LogP contribution in [0.3, 0.4) is 0 Å². The number of alkyl halides is 2. The zero-order valence-corrected chi connectivity index (χ0v) is 19.0. The van der Waals surface area contributed by atoms with Gasteiger partial charge in [-0.2, -0.15) is 0 Å². The molecule has 11 heteroatoms. The van der Waals surface area contributed by atoms with E-state index in [4.69, 9.17) is 16.7 Å². The van der Waals surface area contributed by atoms with Gasteiger partial charge in [0.05, 0.1) is 16.0 Å². The number of pyridine rings is 1. The molecular formula is C22H21ClF2N4O3S. The van der Waals surface area contributed by atoms with Crippen LogP contribution in [0.1, 0.15) is 29.6 Å². The normalized spacial score (nSPS) is 16.4. The van der Waals surface area contributed by atoms with Gasteiger partial charge in [-0.3, -0.25) is 4.79 Å². The van der Waals surface area contributed by atoms with E-state index in [1.807, 2.05) is 0 Å².